The molecule has 0 radical (unpaired) electrons. The van der Waals surface area contributed by atoms with Gasteiger partial charge in [-0.15, -0.1) is 13.2 Å². The van der Waals surface area contributed by atoms with E-state index in [1.807, 2.05) is 49.4 Å². The Morgan fingerprint density at radius 2 is 1.94 bits per heavy atom. The Morgan fingerprint density at radius 1 is 1.17 bits per heavy atom. The zero-order valence-electron chi connectivity index (χ0n) is 27.3. The Balaban J connectivity index is 1.47. The third kappa shape index (κ3) is 6.79. The molecule has 3 fully saturated rings. The number of anilines is 1. The number of unbranched alkanes of at least 4 members (excludes halogenated alkanes) is 1. The van der Waals surface area contributed by atoms with Gasteiger partial charge in [-0.2, -0.15) is 0 Å². The molecule has 2 N–H and O–H groups in total. The van der Waals surface area contributed by atoms with Crippen molar-refractivity contribution < 1.29 is 33.8 Å². The van der Waals surface area contributed by atoms with Crippen molar-refractivity contribution in [2.24, 2.45) is 11.8 Å². The predicted molar refractivity (Wildman–Crippen MR) is 182 cm³/mol. The minimum absolute atomic E-state index is 0.0563. The van der Waals surface area contributed by atoms with E-state index in [2.05, 4.69) is 18.5 Å². The Bertz CT molecular complexity index is 1510. The number of carbonyl (C=O) groups is 4. The third-order valence-corrected chi connectivity index (χ3v) is 9.97. The summed E-state index contributed by atoms with van der Waals surface area (Å²) < 4.78 is 12.2. The zero-order valence-corrected chi connectivity index (χ0v) is 28.1. The van der Waals surface area contributed by atoms with Gasteiger partial charge in [-0.1, -0.05) is 66.2 Å². The summed E-state index contributed by atoms with van der Waals surface area (Å²) >= 11 is 6.64. The fraction of sp³-hybridized carbons (Fsp3) is 0.459. The first kappa shape index (κ1) is 35.3. The molecule has 3 saturated heterocycles. The number of aryl methyl sites for hydroxylation is 1. The second-order valence-corrected chi connectivity index (χ2v) is 13.1. The number of allylic oxidation sites excluding steroid dienone is 1. The van der Waals surface area contributed by atoms with Gasteiger partial charge in [0.15, 0.2) is 0 Å². The van der Waals surface area contributed by atoms with Crippen LogP contribution < -0.4 is 10.2 Å². The Labute approximate surface area is 286 Å². The monoisotopic (exact) mass is 677 g/mol. The molecular weight excluding hydrogens is 634 g/mol. The number of aliphatic hydroxyl groups is 1. The van der Waals surface area contributed by atoms with Crippen LogP contribution >= 0.6 is 11.6 Å². The molecular formula is C37H44ClN3O7. The highest BCUT2D eigenvalue weighted by molar-refractivity contribution is 6.34. The molecule has 256 valence electrons. The second-order valence-electron chi connectivity index (χ2n) is 12.6. The molecule has 5 rings (SSSR count). The standard InChI is InChI=1S/C37H44ClN3O7/c1-4-6-17-29(43)47-23-27(25-14-8-7-9-15-25)39-34(44)30-28-18-19-37(48-28)31(30)35(45)41(21-10-11-22-42)33(37)36(46)40(20-5-2)32-24(3)13-12-16-26(32)38/h4-5,7-9,12-16,27-28,30-31,33,42H,1-2,6,10-11,17-23H2,3H3,(H,39,44)/t27-,28-,30+,31+,33-,37+/m0/s1. The van der Waals surface area contributed by atoms with Crippen molar-refractivity contribution in [3.63, 3.8) is 0 Å². The van der Waals surface area contributed by atoms with Gasteiger partial charge in [-0.3, -0.25) is 19.2 Å². The Hall–Kier alpha value is -3.99. The van der Waals surface area contributed by atoms with Crippen LogP contribution in [0.3, 0.4) is 0 Å². The number of nitrogens with one attached hydrogen (secondary N) is 1. The van der Waals surface area contributed by atoms with Crippen LogP contribution in [0.5, 0.6) is 0 Å². The quantitative estimate of drug-likeness (QED) is 0.150. The maximum Gasteiger partial charge on any atom is 0.306 e. The number of aliphatic hydroxyl groups excluding tert-OH is 1. The van der Waals surface area contributed by atoms with Crippen LogP contribution in [0.1, 0.15) is 55.7 Å². The van der Waals surface area contributed by atoms with Crippen LogP contribution in [0.4, 0.5) is 5.69 Å². The number of nitrogens with zero attached hydrogens (tertiary/aromatic N) is 2. The van der Waals surface area contributed by atoms with E-state index in [-0.39, 0.29) is 44.5 Å². The highest BCUT2D eigenvalue weighted by Gasteiger charge is 2.74. The second kappa shape index (κ2) is 15.5. The van der Waals surface area contributed by atoms with Crippen LogP contribution in [0.2, 0.25) is 5.02 Å². The summed E-state index contributed by atoms with van der Waals surface area (Å²) in [5.74, 6) is -3.25. The molecule has 11 heteroatoms. The lowest BCUT2D eigenvalue weighted by Crippen LogP contribution is -2.56. The average Bonchev–Trinajstić information content (AvgIpc) is 3.72. The number of halogens is 1. The van der Waals surface area contributed by atoms with Gasteiger partial charge >= 0.3 is 5.97 Å². The number of esters is 1. The van der Waals surface area contributed by atoms with E-state index in [1.54, 1.807) is 28.0 Å². The van der Waals surface area contributed by atoms with E-state index in [1.165, 1.54) is 0 Å². The topological polar surface area (TPSA) is 125 Å². The molecule has 2 aromatic rings. The number of hydrogen-bond acceptors (Lipinski definition) is 7. The van der Waals surface area contributed by atoms with E-state index in [0.717, 1.165) is 11.1 Å². The van der Waals surface area contributed by atoms with E-state index in [9.17, 15) is 24.3 Å². The van der Waals surface area contributed by atoms with Crippen molar-refractivity contribution in [3.05, 3.63) is 90.0 Å². The number of hydrogen-bond donors (Lipinski definition) is 2. The Kier molecular flexibility index (Phi) is 11.4. The van der Waals surface area contributed by atoms with Crippen LogP contribution in [-0.2, 0) is 28.7 Å². The number of carbonyl (C=O) groups excluding carboxylic acids is 4. The Morgan fingerprint density at radius 3 is 2.62 bits per heavy atom. The number of fused-ring (bicyclic) bond motifs is 1. The lowest BCUT2D eigenvalue weighted by atomic mass is 9.70. The first-order chi connectivity index (χ1) is 23.2. The van der Waals surface area contributed by atoms with E-state index in [0.29, 0.717) is 42.8 Å². The van der Waals surface area contributed by atoms with Gasteiger partial charge in [-0.05, 0) is 56.2 Å². The number of benzene rings is 2. The zero-order chi connectivity index (χ0) is 34.4. The van der Waals surface area contributed by atoms with Gasteiger partial charge in [0, 0.05) is 26.1 Å². The molecule has 0 unspecified atom stereocenters. The minimum atomic E-state index is -1.23. The molecule has 0 saturated carbocycles. The highest BCUT2D eigenvalue weighted by Crippen LogP contribution is 2.59. The molecule has 1 spiro atoms. The van der Waals surface area contributed by atoms with E-state index in [4.69, 9.17) is 21.1 Å². The van der Waals surface area contributed by atoms with E-state index >= 15 is 0 Å². The lowest BCUT2D eigenvalue weighted by molar-refractivity contribution is -0.146. The fourth-order valence-corrected chi connectivity index (χ4v) is 7.87. The summed E-state index contributed by atoms with van der Waals surface area (Å²) in [5, 5.41) is 13.0. The molecule has 6 atom stereocenters. The summed E-state index contributed by atoms with van der Waals surface area (Å²) in [4.78, 5) is 58.9. The van der Waals surface area contributed by atoms with Crippen LogP contribution in [0, 0.1) is 18.8 Å². The maximum absolute atomic E-state index is 14.8. The fourth-order valence-electron chi connectivity index (χ4n) is 7.54. The molecule has 2 bridgehead atoms. The molecule has 0 aliphatic carbocycles. The summed E-state index contributed by atoms with van der Waals surface area (Å²) in [5.41, 5.74) is 0.831. The van der Waals surface area contributed by atoms with Gasteiger partial charge in [0.25, 0.3) is 5.91 Å². The predicted octanol–water partition coefficient (Wildman–Crippen LogP) is 4.68. The summed E-state index contributed by atoms with van der Waals surface area (Å²) in [6.07, 6.45) is 5.16. The summed E-state index contributed by atoms with van der Waals surface area (Å²) in [6, 6.07) is 12.9. The molecule has 10 nitrogen and oxygen atoms in total. The first-order valence-corrected chi connectivity index (χ1v) is 16.9. The average molecular weight is 678 g/mol. The molecule has 3 amide bonds. The molecule has 3 heterocycles. The van der Waals surface area contributed by atoms with Crippen LogP contribution in [0.15, 0.2) is 73.8 Å². The summed E-state index contributed by atoms with van der Waals surface area (Å²) in [7, 11) is 0. The largest absolute Gasteiger partial charge is 0.463 e. The van der Waals surface area contributed by atoms with E-state index < -0.39 is 47.5 Å². The van der Waals surface area contributed by atoms with Crippen molar-refractivity contribution in [1.29, 1.82) is 0 Å². The van der Waals surface area contributed by atoms with Crippen molar-refractivity contribution >= 4 is 41.0 Å². The van der Waals surface area contributed by atoms with Crippen LogP contribution in [0.25, 0.3) is 0 Å². The molecule has 3 aliphatic heterocycles. The number of amides is 3. The van der Waals surface area contributed by atoms with Crippen molar-refractivity contribution in [2.75, 3.05) is 31.2 Å². The molecule has 0 aromatic heterocycles. The third-order valence-electron chi connectivity index (χ3n) is 9.66. The maximum atomic E-state index is 14.8. The van der Waals surface area contributed by atoms with Crippen LogP contribution in [-0.4, -0.2) is 77.7 Å². The number of para-hydroxylation sites is 1. The van der Waals surface area contributed by atoms with Gasteiger partial charge in [-0.25, -0.2) is 0 Å². The van der Waals surface area contributed by atoms with Crippen molar-refractivity contribution in [3.8, 4) is 0 Å². The SMILES string of the molecule is C=CCCC(=O)OC[C@H](NC(=O)[C@@H]1[C@@H]2CC[C@]3(O2)[C@H](C(=O)N(CC=C)c2c(C)cccc2Cl)N(CCCCO)C(=O)[C@@H]13)c1ccccc1. The number of ether oxygens (including phenoxy) is 2. The van der Waals surface area contributed by atoms with Crippen molar-refractivity contribution in [2.45, 2.75) is 69.2 Å². The summed E-state index contributed by atoms with van der Waals surface area (Å²) in [6.45, 7) is 9.59. The van der Waals surface area contributed by atoms with Gasteiger partial charge < -0.3 is 29.7 Å². The molecule has 2 aromatic carbocycles. The number of likely N-dealkylation sites (tertiary alicyclic amines) is 1. The first-order valence-electron chi connectivity index (χ1n) is 16.6. The molecule has 48 heavy (non-hydrogen) atoms. The minimum Gasteiger partial charge on any atom is -0.463 e. The highest BCUT2D eigenvalue weighted by atomic mass is 35.5. The van der Waals surface area contributed by atoms with Gasteiger partial charge in [0.2, 0.25) is 11.8 Å². The number of rotatable bonds is 16. The lowest BCUT2D eigenvalue weighted by Gasteiger charge is -2.37. The normalized spacial score (nSPS) is 24.6. The molecule has 3 aliphatic rings. The van der Waals surface area contributed by atoms with Gasteiger partial charge in [0.1, 0.15) is 18.2 Å². The van der Waals surface area contributed by atoms with Crippen molar-refractivity contribution in [1.82, 2.24) is 10.2 Å². The smallest absolute Gasteiger partial charge is 0.306 e. The van der Waals surface area contributed by atoms with Gasteiger partial charge in [0.05, 0.1) is 34.7 Å².